The van der Waals surface area contributed by atoms with Gasteiger partial charge in [0.15, 0.2) is 0 Å². The van der Waals surface area contributed by atoms with Gasteiger partial charge in [0, 0.05) is 12.5 Å². The Bertz CT molecular complexity index is 888. The van der Waals surface area contributed by atoms with Crippen LogP contribution in [0.4, 0.5) is 4.79 Å². The molecule has 3 rings (SSSR count). The highest BCUT2D eigenvalue weighted by Crippen LogP contribution is 2.45. The summed E-state index contributed by atoms with van der Waals surface area (Å²) in [5.41, 5.74) is -1.87. The van der Waals surface area contributed by atoms with E-state index in [1.807, 2.05) is 19.1 Å². The van der Waals surface area contributed by atoms with E-state index in [0.717, 1.165) is 25.7 Å². The molecule has 10 nitrogen and oxygen atoms in total. The fraction of sp³-hybridized carbons (Fsp3) is 0.750. The monoisotopic (exact) mass is 508 g/mol. The van der Waals surface area contributed by atoms with Gasteiger partial charge in [-0.1, -0.05) is 31.9 Å². The number of rotatable bonds is 3. The smallest absolute Gasteiger partial charge is 0.408 e. The zero-order valence-electron chi connectivity index (χ0n) is 21.0. The van der Waals surface area contributed by atoms with Crippen LogP contribution in [-0.4, -0.2) is 58.5 Å². The van der Waals surface area contributed by atoms with E-state index in [-0.39, 0.29) is 17.7 Å². The molecule has 1 saturated carbocycles. The summed E-state index contributed by atoms with van der Waals surface area (Å²) in [4.78, 5) is 53.7. The zero-order chi connectivity index (χ0) is 25.8. The van der Waals surface area contributed by atoms with Crippen molar-refractivity contribution in [3.63, 3.8) is 0 Å². The Morgan fingerprint density at radius 3 is 2.66 bits per heavy atom. The van der Waals surface area contributed by atoms with Gasteiger partial charge in [-0.3, -0.25) is 19.5 Å². The van der Waals surface area contributed by atoms with Gasteiger partial charge in [0.1, 0.15) is 23.2 Å². The minimum absolute atomic E-state index is 0.0793. The van der Waals surface area contributed by atoms with Crippen molar-refractivity contribution in [3.8, 4) is 0 Å². The molecule has 0 unspecified atom stereocenters. The molecule has 0 bridgehead atoms. The Morgan fingerprint density at radius 1 is 1.23 bits per heavy atom. The van der Waals surface area contributed by atoms with Crippen LogP contribution in [0.2, 0.25) is 0 Å². The second-order valence-electron chi connectivity index (χ2n) is 10.9. The van der Waals surface area contributed by atoms with Crippen LogP contribution in [0.25, 0.3) is 0 Å². The number of alkyl carbamates (subject to hydrolysis) is 1. The average Bonchev–Trinajstić information content (AvgIpc) is 3.30. The molecule has 35 heavy (non-hydrogen) atoms. The first kappa shape index (κ1) is 27.1. The first-order valence-corrected chi connectivity index (χ1v) is 13.2. The van der Waals surface area contributed by atoms with Crippen LogP contribution in [0.1, 0.15) is 72.6 Å². The molecule has 0 aromatic rings. The third kappa shape index (κ3) is 6.81. The van der Waals surface area contributed by atoms with Crippen LogP contribution < -0.4 is 15.7 Å². The van der Waals surface area contributed by atoms with Crippen molar-refractivity contribution in [2.75, 3.05) is 6.54 Å². The van der Waals surface area contributed by atoms with E-state index < -0.39 is 49.7 Å². The van der Waals surface area contributed by atoms with Gasteiger partial charge in [0.25, 0.3) is 14.5 Å². The Hall–Kier alpha value is -2.48. The van der Waals surface area contributed by atoms with Crippen molar-refractivity contribution < 1.29 is 28.5 Å². The topological polar surface area (TPSA) is 134 Å². The molecule has 4 amide bonds. The molecule has 3 aliphatic rings. The molecule has 0 aromatic carbocycles. The van der Waals surface area contributed by atoms with E-state index in [0.29, 0.717) is 25.8 Å². The molecule has 0 spiro atoms. The number of amides is 4. The van der Waals surface area contributed by atoms with E-state index in [1.54, 1.807) is 20.8 Å². The van der Waals surface area contributed by atoms with Gasteiger partial charge in [-0.05, 0) is 58.8 Å². The normalized spacial score (nSPS) is 32.9. The van der Waals surface area contributed by atoms with E-state index in [4.69, 9.17) is 4.74 Å². The summed E-state index contributed by atoms with van der Waals surface area (Å²) in [6.45, 7) is 7.61. The van der Waals surface area contributed by atoms with Gasteiger partial charge in [0.2, 0.25) is 11.8 Å². The van der Waals surface area contributed by atoms with Crippen LogP contribution in [-0.2, 0) is 23.7 Å². The predicted octanol–water partition coefficient (Wildman–Crippen LogP) is 2.83. The number of carbonyl (C=O) groups is 4. The van der Waals surface area contributed by atoms with Gasteiger partial charge in [-0.2, -0.15) is 0 Å². The minimum atomic E-state index is -1.17. The first-order chi connectivity index (χ1) is 16.5. The standard InChI is InChI=1S/C24H37N4O6P/c1-15-12-18-19(29)26-24(21(31)27-35-33)13-16(24)10-8-6-5-7-9-11-17(20(30)28(18)14-15)25-22(32)34-23(2,3)4/h8,10,15-18H,5-7,9,11-14H2,1-4H3,(H,25,32)(H,26,29)(H,27,31,33)/b10-8-/t15-,16-,17+,18+,24-/m1/s1. The Balaban J connectivity index is 1.85. The third-order valence-corrected chi connectivity index (χ3v) is 7.02. The van der Waals surface area contributed by atoms with Gasteiger partial charge in [0.05, 0.1) is 0 Å². The van der Waals surface area contributed by atoms with Gasteiger partial charge < -0.3 is 20.3 Å². The number of hydrogen-bond donors (Lipinski definition) is 3. The van der Waals surface area contributed by atoms with Gasteiger partial charge >= 0.3 is 6.09 Å². The number of nitrogens with one attached hydrogen (secondary N) is 3. The summed E-state index contributed by atoms with van der Waals surface area (Å²) in [5, 5.41) is 7.86. The summed E-state index contributed by atoms with van der Waals surface area (Å²) < 4.78 is 16.4. The largest absolute Gasteiger partial charge is 0.444 e. The predicted molar refractivity (Wildman–Crippen MR) is 129 cm³/mol. The zero-order valence-corrected chi connectivity index (χ0v) is 21.9. The highest BCUT2D eigenvalue weighted by Gasteiger charge is 2.61. The van der Waals surface area contributed by atoms with Crippen molar-refractivity contribution >= 4 is 32.4 Å². The molecule has 0 aromatic heterocycles. The number of ether oxygens (including phenoxy) is 1. The lowest BCUT2D eigenvalue weighted by Crippen LogP contribution is -2.57. The van der Waals surface area contributed by atoms with E-state index in [1.165, 1.54) is 4.90 Å². The second-order valence-corrected chi connectivity index (χ2v) is 11.3. The van der Waals surface area contributed by atoms with Crippen molar-refractivity contribution in [1.29, 1.82) is 0 Å². The number of hydrogen-bond acceptors (Lipinski definition) is 6. The van der Waals surface area contributed by atoms with Crippen LogP contribution in [0, 0.1) is 11.8 Å². The van der Waals surface area contributed by atoms with E-state index in [2.05, 4.69) is 15.7 Å². The highest BCUT2D eigenvalue weighted by molar-refractivity contribution is 7.22. The molecule has 3 N–H and O–H groups in total. The van der Waals surface area contributed by atoms with Crippen LogP contribution in [0.15, 0.2) is 12.2 Å². The number of allylic oxidation sites excluding steroid dienone is 1. The fourth-order valence-corrected chi connectivity index (χ4v) is 5.20. The fourth-order valence-electron chi connectivity index (χ4n) is 4.92. The summed E-state index contributed by atoms with van der Waals surface area (Å²) >= 11 is 0. The highest BCUT2D eigenvalue weighted by atomic mass is 31.1. The van der Waals surface area contributed by atoms with E-state index >= 15 is 0 Å². The summed E-state index contributed by atoms with van der Waals surface area (Å²) in [7, 11) is -0.527. The maximum absolute atomic E-state index is 13.6. The van der Waals surface area contributed by atoms with Crippen molar-refractivity contribution in [1.82, 2.24) is 20.6 Å². The number of carbonyl (C=O) groups excluding carboxylic acids is 4. The second kappa shape index (κ2) is 11.1. The van der Waals surface area contributed by atoms with Crippen LogP contribution >= 0.6 is 8.61 Å². The molecule has 2 aliphatic heterocycles. The summed E-state index contributed by atoms with van der Waals surface area (Å²) in [6, 6.07) is -1.57. The van der Waals surface area contributed by atoms with Crippen molar-refractivity contribution in [2.24, 2.45) is 11.8 Å². The lowest BCUT2D eigenvalue weighted by atomic mass is 10.0. The molecular formula is C24H37N4O6P. The Labute approximate surface area is 208 Å². The lowest BCUT2D eigenvalue weighted by molar-refractivity contribution is -0.141. The minimum Gasteiger partial charge on any atom is -0.444 e. The van der Waals surface area contributed by atoms with Crippen molar-refractivity contribution in [2.45, 2.75) is 95.9 Å². The molecule has 1 saturated heterocycles. The lowest BCUT2D eigenvalue weighted by Gasteiger charge is -2.30. The van der Waals surface area contributed by atoms with Crippen LogP contribution in [0.5, 0.6) is 0 Å². The molecule has 5 atom stereocenters. The summed E-state index contributed by atoms with van der Waals surface area (Å²) in [6.07, 6.45) is 7.88. The summed E-state index contributed by atoms with van der Waals surface area (Å²) in [5.74, 6) is -1.35. The molecule has 2 fully saturated rings. The van der Waals surface area contributed by atoms with Crippen LogP contribution in [0.3, 0.4) is 0 Å². The maximum atomic E-state index is 13.6. The van der Waals surface area contributed by atoms with Crippen molar-refractivity contribution in [3.05, 3.63) is 12.2 Å². The molecule has 11 heteroatoms. The Morgan fingerprint density at radius 2 is 1.97 bits per heavy atom. The molecule has 0 radical (unpaired) electrons. The number of fused-ring (bicyclic) bond motifs is 2. The molecule has 194 valence electrons. The van der Waals surface area contributed by atoms with Gasteiger partial charge in [-0.25, -0.2) is 9.36 Å². The van der Waals surface area contributed by atoms with E-state index in [9.17, 15) is 23.7 Å². The number of nitrogens with zero attached hydrogens (tertiary/aromatic N) is 1. The van der Waals surface area contributed by atoms with Gasteiger partial charge in [-0.15, -0.1) is 0 Å². The SMILES string of the molecule is C[C@@H]1C[C@H]2C(=O)N[C@]3(C(=O)NP=O)C[C@H]3/C=C\CCCCC[C@H](NC(=O)OC(C)(C)C)C(=O)N2C1. The first-order valence-electron chi connectivity index (χ1n) is 12.4. The molecule has 2 heterocycles. The average molecular weight is 509 g/mol. The maximum Gasteiger partial charge on any atom is 0.408 e. The quantitative estimate of drug-likeness (QED) is 0.397. The molecule has 1 aliphatic carbocycles. The third-order valence-electron chi connectivity index (χ3n) is 6.73. The Kier molecular flexibility index (Phi) is 8.57. The molecular weight excluding hydrogens is 471 g/mol.